The van der Waals surface area contributed by atoms with Crippen molar-refractivity contribution in [3.8, 4) is 11.5 Å². The lowest BCUT2D eigenvalue weighted by molar-refractivity contribution is -0.481. The maximum absolute atomic E-state index is 13.1. The zero-order valence-electron chi connectivity index (χ0n) is 16.9. The van der Waals surface area contributed by atoms with Crippen LogP contribution < -0.4 is 9.47 Å². The molecule has 1 atom stereocenters. The van der Waals surface area contributed by atoms with Crippen LogP contribution in [0.15, 0.2) is 72.9 Å². The van der Waals surface area contributed by atoms with Crippen molar-refractivity contribution >= 4 is 10.9 Å². The Morgan fingerprint density at radius 3 is 2.58 bits per heavy atom. The minimum Gasteiger partial charge on any atom is -0.493 e. The molecule has 0 fully saturated rings. The van der Waals surface area contributed by atoms with Crippen LogP contribution in [-0.2, 0) is 6.61 Å². The topological polar surface area (TPSA) is 77.4 Å². The highest BCUT2D eigenvalue weighted by molar-refractivity contribution is 5.84. The SMILES string of the molecule is COc1cc([C@H](C[N+](=O)[O-])c2c[nH]c3ccccc23)ccc1OCc1ccc(F)cc1. The fourth-order valence-corrected chi connectivity index (χ4v) is 3.68. The van der Waals surface area contributed by atoms with E-state index in [0.717, 1.165) is 27.6 Å². The third kappa shape index (κ3) is 4.50. The zero-order valence-corrected chi connectivity index (χ0v) is 16.9. The second kappa shape index (κ2) is 8.87. The predicted octanol–water partition coefficient (Wildman–Crippen LogP) is 5.30. The number of aromatic amines is 1. The highest BCUT2D eigenvalue weighted by atomic mass is 19.1. The number of nitro groups is 1. The van der Waals surface area contributed by atoms with Crippen LogP contribution in [0.4, 0.5) is 4.39 Å². The molecule has 7 heteroatoms. The maximum Gasteiger partial charge on any atom is 0.214 e. The summed E-state index contributed by atoms with van der Waals surface area (Å²) in [4.78, 5) is 14.3. The zero-order chi connectivity index (χ0) is 21.8. The van der Waals surface area contributed by atoms with Crippen molar-refractivity contribution in [3.63, 3.8) is 0 Å². The normalized spacial score (nSPS) is 11.9. The van der Waals surface area contributed by atoms with Gasteiger partial charge in [0.25, 0.3) is 0 Å². The van der Waals surface area contributed by atoms with Gasteiger partial charge in [-0.15, -0.1) is 0 Å². The monoisotopic (exact) mass is 420 g/mol. The Morgan fingerprint density at radius 1 is 1.06 bits per heavy atom. The number of ether oxygens (including phenoxy) is 2. The molecule has 0 aliphatic heterocycles. The third-order valence-electron chi connectivity index (χ3n) is 5.23. The number of rotatable bonds is 8. The lowest BCUT2D eigenvalue weighted by Gasteiger charge is -2.17. The van der Waals surface area contributed by atoms with Crippen LogP contribution in [0, 0.1) is 15.9 Å². The van der Waals surface area contributed by atoms with Crippen molar-refractivity contribution in [1.82, 2.24) is 4.98 Å². The summed E-state index contributed by atoms with van der Waals surface area (Å²) in [6, 6.07) is 19.1. The number of fused-ring (bicyclic) bond motifs is 1. The molecule has 0 aliphatic carbocycles. The molecule has 158 valence electrons. The molecule has 6 nitrogen and oxygen atoms in total. The molecule has 0 bridgehead atoms. The summed E-state index contributed by atoms with van der Waals surface area (Å²) in [5.74, 6) is 0.230. The second-order valence-electron chi connectivity index (χ2n) is 7.18. The molecule has 0 saturated carbocycles. The standard InChI is InChI=1S/C24H21FN2O4/c1-30-24-12-17(8-11-23(24)31-15-16-6-9-18(25)10-7-16)21(14-27(28)29)20-13-26-22-5-3-2-4-19(20)22/h2-13,21,26H,14-15H2,1H3/t21-/m0/s1. The number of methoxy groups -OCH3 is 1. The van der Waals surface area contributed by atoms with Gasteiger partial charge in [0.05, 0.1) is 13.0 Å². The van der Waals surface area contributed by atoms with Gasteiger partial charge in [0.1, 0.15) is 12.4 Å². The molecule has 1 heterocycles. The average molecular weight is 420 g/mol. The molecule has 4 aromatic rings. The largest absolute Gasteiger partial charge is 0.493 e. The van der Waals surface area contributed by atoms with E-state index in [-0.39, 0.29) is 23.9 Å². The quantitative estimate of drug-likeness (QED) is 0.310. The lowest BCUT2D eigenvalue weighted by Crippen LogP contribution is -2.14. The van der Waals surface area contributed by atoms with E-state index < -0.39 is 5.92 Å². The van der Waals surface area contributed by atoms with Crippen LogP contribution in [0.25, 0.3) is 10.9 Å². The number of para-hydroxylation sites is 1. The molecule has 1 N–H and O–H groups in total. The molecule has 4 rings (SSSR count). The highest BCUT2D eigenvalue weighted by Gasteiger charge is 2.24. The Bertz CT molecular complexity index is 1200. The first-order valence-corrected chi connectivity index (χ1v) is 9.78. The minimum atomic E-state index is -0.453. The molecule has 31 heavy (non-hydrogen) atoms. The van der Waals surface area contributed by atoms with E-state index in [1.165, 1.54) is 19.2 Å². The van der Waals surface area contributed by atoms with E-state index in [2.05, 4.69) is 4.98 Å². The van der Waals surface area contributed by atoms with Crippen molar-refractivity contribution in [3.05, 3.63) is 106 Å². The van der Waals surface area contributed by atoms with Crippen molar-refractivity contribution in [2.24, 2.45) is 0 Å². The van der Waals surface area contributed by atoms with E-state index in [1.54, 1.807) is 24.3 Å². The van der Waals surface area contributed by atoms with Crippen LogP contribution >= 0.6 is 0 Å². The summed E-state index contributed by atoms with van der Waals surface area (Å²) in [6.07, 6.45) is 1.82. The van der Waals surface area contributed by atoms with Gasteiger partial charge in [0.15, 0.2) is 11.5 Å². The molecule has 0 radical (unpaired) electrons. The van der Waals surface area contributed by atoms with Gasteiger partial charge >= 0.3 is 0 Å². The van der Waals surface area contributed by atoms with Gasteiger partial charge in [-0.1, -0.05) is 36.4 Å². The fourth-order valence-electron chi connectivity index (χ4n) is 3.68. The third-order valence-corrected chi connectivity index (χ3v) is 5.23. The molecule has 0 unspecified atom stereocenters. The Balaban J connectivity index is 1.64. The first-order valence-electron chi connectivity index (χ1n) is 9.78. The van der Waals surface area contributed by atoms with E-state index in [1.807, 2.05) is 36.5 Å². The van der Waals surface area contributed by atoms with Crippen LogP contribution in [0.1, 0.15) is 22.6 Å². The first-order chi connectivity index (χ1) is 15.0. The van der Waals surface area contributed by atoms with Gasteiger partial charge in [0.2, 0.25) is 6.54 Å². The Hall–Kier alpha value is -3.87. The second-order valence-corrected chi connectivity index (χ2v) is 7.18. The molecule has 0 amide bonds. The van der Waals surface area contributed by atoms with E-state index >= 15 is 0 Å². The molecular weight excluding hydrogens is 399 g/mol. The lowest BCUT2D eigenvalue weighted by atomic mass is 9.90. The summed E-state index contributed by atoms with van der Waals surface area (Å²) < 4.78 is 24.4. The van der Waals surface area contributed by atoms with Crippen LogP contribution in [-0.4, -0.2) is 23.6 Å². The van der Waals surface area contributed by atoms with Gasteiger partial charge < -0.3 is 14.5 Å². The summed E-state index contributed by atoms with van der Waals surface area (Å²) >= 11 is 0. The van der Waals surface area contributed by atoms with Crippen molar-refractivity contribution in [2.75, 3.05) is 13.7 Å². The van der Waals surface area contributed by atoms with Crippen molar-refractivity contribution < 1.29 is 18.8 Å². The molecule has 0 spiro atoms. The summed E-state index contributed by atoms with van der Waals surface area (Å²) in [7, 11) is 1.53. The van der Waals surface area contributed by atoms with Gasteiger partial charge in [0, 0.05) is 22.0 Å². The number of nitrogens with zero attached hydrogens (tertiary/aromatic N) is 1. The Kier molecular flexibility index (Phi) is 5.84. The number of nitrogens with one attached hydrogen (secondary N) is 1. The van der Waals surface area contributed by atoms with Gasteiger partial charge in [-0.25, -0.2) is 4.39 Å². The fraction of sp³-hybridized carbons (Fsp3) is 0.167. The van der Waals surface area contributed by atoms with Crippen LogP contribution in [0.2, 0.25) is 0 Å². The first kappa shape index (κ1) is 20.4. The Morgan fingerprint density at radius 2 is 1.84 bits per heavy atom. The van der Waals surface area contributed by atoms with E-state index in [9.17, 15) is 14.5 Å². The number of aromatic nitrogens is 1. The number of hydrogen-bond donors (Lipinski definition) is 1. The predicted molar refractivity (Wildman–Crippen MR) is 116 cm³/mol. The summed E-state index contributed by atoms with van der Waals surface area (Å²) in [5, 5.41) is 12.4. The van der Waals surface area contributed by atoms with E-state index in [4.69, 9.17) is 9.47 Å². The van der Waals surface area contributed by atoms with Gasteiger partial charge in [-0.05, 0) is 47.0 Å². The number of hydrogen-bond acceptors (Lipinski definition) is 4. The maximum atomic E-state index is 13.1. The molecule has 0 saturated heterocycles. The molecule has 1 aromatic heterocycles. The summed E-state index contributed by atoms with van der Waals surface area (Å²) in [5.41, 5.74) is 3.36. The van der Waals surface area contributed by atoms with E-state index in [0.29, 0.717) is 11.5 Å². The van der Waals surface area contributed by atoms with Crippen molar-refractivity contribution in [2.45, 2.75) is 12.5 Å². The minimum absolute atomic E-state index is 0.247. The smallest absolute Gasteiger partial charge is 0.214 e. The average Bonchev–Trinajstić information content (AvgIpc) is 3.21. The highest BCUT2D eigenvalue weighted by Crippen LogP contribution is 2.36. The van der Waals surface area contributed by atoms with Crippen LogP contribution in [0.3, 0.4) is 0 Å². The van der Waals surface area contributed by atoms with Crippen LogP contribution in [0.5, 0.6) is 11.5 Å². The molecule has 0 aliphatic rings. The number of H-pyrrole nitrogens is 1. The molecular formula is C24H21FN2O4. The summed E-state index contributed by atoms with van der Waals surface area (Å²) in [6.45, 7) is -0.00243. The number of halogens is 1. The van der Waals surface area contributed by atoms with Gasteiger partial charge in [-0.3, -0.25) is 10.1 Å². The number of benzene rings is 3. The van der Waals surface area contributed by atoms with Crippen molar-refractivity contribution in [1.29, 1.82) is 0 Å². The van der Waals surface area contributed by atoms with Gasteiger partial charge in [-0.2, -0.15) is 0 Å². The Labute approximate surface area is 178 Å². The molecule has 3 aromatic carbocycles.